The van der Waals surface area contributed by atoms with Crippen molar-refractivity contribution < 1.29 is 13.9 Å². The van der Waals surface area contributed by atoms with Crippen LogP contribution in [0.2, 0.25) is 0 Å². The van der Waals surface area contributed by atoms with Crippen LogP contribution in [-0.4, -0.2) is 5.91 Å². The molecule has 2 heterocycles. The zero-order chi connectivity index (χ0) is 12.1. The van der Waals surface area contributed by atoms with Gasteiger partial charge in [0.1, 0.15) is 18.6 Å². The smallest absolute Gasteiger partial charge is 0.268 e. The van der Waals surface area contributed by atoms with E-state index in [-0.39, 0.29) is 5.91 Å². The average molecular weight is 252 g/mol. The third kappa shape index (κ3) is 3.16. The van der Waals surface area contributed by atoms with Gasteiger partial charge in [0.15, 0.2) is 0 Å². The molecule has 5 nitrogen and oxygen atoms in total. The van der Waals surface area contributed by atoms with Crippen LogP contribution in [0.5, 0.6) is 0 Å². The Morgan fingerprint density at radius 2 is 2.41 bits per heavy atom. The largest absolute Gasteiger partial charge is 0.466 e. The molecule has 17 heavy (non-hydrogen) atoms. The molecule has 0 bridgehead atoms. The predicted molar refractivity (Wildman–Crippen MR) is 63.2 cm³/mol. The van der Waals surface area contributed by atoms with Crippen LogP contribution in [0.4, 0.5) is 0 Å². The minimum absolute atomic E-state index is 0.329. The summed E-state index contributed by atoms with van der Waals surface area (Å²) < 4.78 is 10.6. The first kappa shape index (κ1) is 11.8. The monoisotopic (exact) mass is 252 g/mol. The summed E-state index contributed by atoms with van der Waals surface area (Å²) in [7, 11) is 0. The van der Waals surface area contributed by atoms with E-state index in [1.165, 1.54) is 6.26 Å². The van der Waals surface area contributed by atoms with Gasteiger partial charge in [-0.3, -0.25) is 10.2 Å². The number of carbonyl (C=O) groups excluding carboxylic acids is 1. The molecule has 1 amide bonds. The van der Waals surface area contributed by atoms with Crippen LogP contribution in [0.3, 0.4) is 0 Å². The molecule has 2 rings (SSSR count). The Labute approximate surface area is 102 Å². The number of hydrogen-bond acceptors (Lipinski definition) is 5. The summed E-state index contributed by atoms with van der Waals surface area (Å²) >= 11 is 1.64. The van der Waals surface area contributed by atoms with Gasteiger partial charge in [0, 0.05) is 4.88 Å². The Morgan fingerprint density at radius 3 is 3.12 bits per heavy atom. The van der Waals surface area contributed by atoms with E-state index < -0.39 is 0 Å². The van der Waals surface area contributed by atoms with Gasteiger partial charge in [0.2, 0.25) is 0 Å². The quantitative estimate of drug-likeness (QED) is 0.482. The van der Waals surface area contributed by atoms with Crippen molar-refractivity contribution in [2.45, 2.75) is 13.2 Å². The van der Waals surface area contributed by atoms with Crippen molar-refractivity contribution in [1.29, 1.82) is 0 Å². The summed E-state index contributed by atoms with van der Waals surface area (Å²) in [6.45, 7) is 0.868. The zero-order valence-corrected chi connectivity index (χ0v) is 9.83. The highest BCUT2D eigenvalue weighted by Gasteiger charge is 2.08. The van der Waals surface area contributed by atoms with E-state index in [0.29, 0.717) is 24.5 Å². The fraction of sp³-hybridized carbons (Fsp3) is 0.182. The number of thiophene rings is 1. The fourth-order valence-corrected chi connectivity index (χ4v) is 1.95. The lowest BCUT2D eigenvalue weighted by Gasteiger charge is -1.98. The van der Waals surface area contributed by atoms with Crippen molar-refractivity contribution in [2.75, 3.05) is 0 Å². The molecule has 2 aromatic rings. The zero-order valence-electron chi connectivity index (χ0n) is 9.01. The van der Waals surface area contributed by atoms with Gasteiger partial charge in [-0.05, 0) is 17.5 Å². The second kappa shape index (κ2) is 5.62. The van der Waals surface area contributed by atoms with Crippen LogP contribution in [0, 0.1) is 0 Å². The molecule has 0 radical (unpaired) electrons. The van der Waals surface area contributed by atoms with Crippen LogP contribution in [0.1, 0.15) is 21.0 Å². The van der Waals surface area contributed by atoms with E-state index in [1.54, 1.807) is 17.4 Å². The van der Waals surface area contributed by atoms with Gasteiger partial charge in [-0.2, -0.15) is 0 Å². The van der Waals surface area contributed by atoms with E-state index in [0.717, 1.165) is 4.88 Å². The Kier molecular flexibility index (Phi) is 3.92. The number of ether oxygens (including phenoxy) is 1. The van der Waals surface area contributed by atoms with E-state index in [1.807, 2.05) is 22.9 Å². The van der Waals surface area contributed by atoms with Gasteiger partial charge in [-0.25, -0.2) is 5.84 Å². The van der Waals surface area contributed by atoms with Gasteiger partial charge in [-0.15, -0.1) is 11.3 Å². The minimum Gasteiger partial charge on any atom is -0.466 e. The Morgan fingerprint density at radius 1 is 1.53 bits per heavy atom. The summed E-state index contributed by atoms with van der Waals surface area (Å²) in [5.74, 6) is 5.23. The molecule has 0 saturated heterocycles. The maximum absolute atomic E-state index is 11.2. The van der Waals surface area contributed by atoms with Crippen LogP contribution < -0.4 is 11.3 Å². The van der Waals surface area contributed by atoms with Crippen molar-refractivity contribution in [3.8, 4) is 0 Å². The highest BCUT2D eigenvalue weighted by Crippen LogP contribution is 2.13. The summed E-state index contributed by atoms with van der Waals surface area (Å²) in [5.41, 5.74) is 2.43. The lowest BCUT2D eigenvalue weighted by Crippen LogP contribution is -2.29. The van der Waals surface area contributed by atoms with Gasteiger partial charge in [-0.1, -0.05) is 6.07 Å². The molecule has 3 N–H and O–H groups in total. The molecule has 0 fully saturated rings. The van der Waals surface area contributed by atoms with Crippen LogP contribution in [0.15, 0.2) is 34.3 Å². The normalized spacial score (nSPS) is 10.4. The number of nitrogens with two attached hydrogens (primary N) is 1. The highest BCUT2D eigenvalue weighted by molar-refractivity contribution is 7.09. The summed E-state index contributed by atoms with van der Waals surface area (Å²) in [6, 6.07) is 5.58. The lowest BCUT2D eigenvalue weighted by atomic mass is 10.3. The molecule has 0 aliphatic carbocycles. The molecule has 0 atom stereocenters. The molecule has 0 unspecified atom stereocenters. The van der Waals surface area contributed by atoms with E-state index in [4.69, 9.17) is 15.0 Å². The first-order valence-corrected chi connectivity index (χ1v) is 5.86. The van der Waals surface area contributed by atoms with E-state index in [2.05, 4.69) is 0 Å². The number of hydrogen-bond donors (Lipinski definition) is 2. The Bertz CT molecular complexity index is 479. The summed E-state index contributed by atoms with van der Waals surface area (Å²) in [6.07, 6.45) is 1.35. The van der Waals surface area contributed by atoms with Gasteiger partial charge in [0.25, 0.3) is 5.91 Å². The molecule has 0 saturated carbocycles. The Hall–Kier alpha value is -1.63. The highest BCUT2D eigenvalue weighted by atomic mass is 32.1. The summed E-state index contributed by atoms with van der Waals surface area (Å²) in [5, 5.41) is 2.00. The third-order valence-corrected chi connectivity index (χ3v) is 2.97. The van der Waals surface area contributed by atoms with Gasteiger partial charge in [0.05, 0.1) is 12.2 Å². The van der Waals surface area contributed by atoms with Crippen LogP contribution >= 0.6 is 11.3 Å². The molecule has 0 spiro atoms. The minimum atomic E-state index is -0.377. The fourth-order valence-electron chi connectivity index (χ4n) is 1.31. The van der Waals surface area contributed by atoms with Gasteiger partial charge >= 0.3 is 0 Å². The first-order chi connectivity index (χ1) is 8.29. The van der Waals surface area contributed by atoms with Gasteiger partial charge < -0.3 is 9.15 Å². The first-order valence-electron chi connectivity index (χ1n) is 4.98. The molecule has 6 heteroatoms. The molecule has 2 aromatic heterocycles. The van der Waals surface area contributed by atoms with E-state index in [9.17, 15) is 4.79 Å². The molecule has 90 valence electrons. The van der Waals surface area contributed by atoms with Crippen molar-refractivity contribution in [3.63, 3.8) is 0 Å². The maximum Gasteiger partial charge on any atom is 0.268 e. The average Bonchev–Trinajstić information content (AvgIpc) is 2.99. The second-order valence-corrected chi connectivity index (χ2v) is 4.38. The van der Waals surface area contributed by atoms with Crippen molar-refractivity contribution in [2.24, 2.45) is 5.84 Å². The molecule has 0 aromatic carbocycles. The molecule has 0 aliphatic heterocycles. The third-order valence-electron chi connectivity index (χ3n) is 2.12. The van der Waals surface area contributed by atoms with Crippen LogP contribution in [0.25, 0.3) is 0 Å². The summed E-state index contributed by atoms with van der Waals surface area (Å²) in [4.78, 5) is 12.3. The number of hydrazine groups is 1. The molecule has 0 aliphatic rings. The number of rotatable bonds is 5. The second-order valence-electron chi connectivity index (χ2n) is 3.35. The van der Waals surface area contributed by atoms with Crippen LogP contribution in [-0.2, 0) is 18.0 Å². The molecular weight excluding hydrogens is 240 g/mol. The van der Waals surface area contributed by atoms with Crippen molar-refractivity contribution >= 4 is 17.2 Å². The standard InChI is InChI=1S/C11H12N2O3S/c12-13-11(14)8-4-9(16-5-8)6-15-7-10-2-1-3-17-10/h1-5H,6-7,12H2,(H,13,14). The number of carbonyl (C=O) groups is 1. The number of nitrogen functional groups attached to an aromatic ring is 1. The number of nitrogens with one attached hydrogen (secondary N) is 1. The number of furan rings is 1. The topological polar surface area (TPSA) is 77.5 Å². The SMILES string of the molecule is NNC(=O)c1coc(COCc2cccs2)c1. The van der Waals surface area contributed by atoms with Crippen molar-refractivity contribution in [3.05, 3.63) is 46.0 Å². The number of amides is 1. The predicted octanol–water partition coefficient (Wildman–Crippen LogP) is 1.66. The van der Waals surface area contributed by atoms with E-state index >= 15 is 0 Å². The lowest BCUT2D eigenvalue weighted by molar-refractivity contribution is 0.0948. The maximum atomic E-state index is 11.2. The van der Waals surface area contributed by atoms with Crippen molar-refractivity contribution in [1.82, 2.24) is 5.43 Å². The molecular formula is C11H12N2O3S. The Balaban J connectivity index is 1.83.